The average molecular weight is 269 g/mol. The van der Waals surface area contributed by atoms with Gasteiger partial charge in [-0.1, -0.05) is 34.1 Å². The van der Waals surface area contributed by atoms with E-state index in [1.165, 1.54) is 5.56 Å². The standard InChI is InChI=1S/C12H13BrO2/c1-7-3-4-9(5-8(7)2)12(11(14)15)6-10(12)13/h3-5,10H,6H2,1-2H3,(H,14,15). The number of carbonyl (C=O) groups is 1. The van der Waals surface area contributed by atoms with Crippen molar-refractivity contribution in [1.29, 1.82) is 0 Å². The first kappa shape index (κ1) is 10.7. The summed E-state index contributed by atoms with van der Waals surface area (Å²) >= 11 is 3.41. The second kappa shape index (κ2) is 3.34. The zero-order valence-corrected chi connectivity index (χ0v) is 10.3. The number of aliphatic carboxylic acids is 1. The largest absolute Gasteiger partial charge is 0.481 e. The molecule has 1 aliphatic carbocycles. The van der Waals surface area contributed by atoms with Crippen LogP contribution in [0.15, 0.2) is 18.2 Å². The molecule has 0 amide bonds. The number of aryl methyl sites for hydroxylation is 2. The summed E-state index contributed by atoms with van der Waals surface area (Å²) in [6, 6.07) is 5.91. The molecule has 1 aromatic carbocycles. The predicted molar refractivity (Wildman–Crippen MR) is 62.6 cm³/mol. The summed E-state index contributed by atoms with van der Waals surface area (Å²) in [6.07, 6.45) is 0.685. The van der Waals surface area contributed by atoms with E-state index in [0.29, 0.717) is 6.42 Å². The number of carboxylic acid groups (broad SMARTS) is 1. The highest BCUT2D eigenvalue weighted by Gasteiger charge is 2.60. The maximum atomic E-state index is 11.3. The van der Waals surface area contributed by atoms with Crippen LogP contribution in [0.5, 0.6) is 0 Å². The van der Waals surface area contributed by atoms with E-state index in [0.717, 1.165) is 11.1 Å². The maximum Gasteiger partial charge on any atom is 0.315 e. The first-order chi connectivity index (χ1) is 6.98. The van der Waals surface area contributed by atoms with E-state index in [4.69, 9.17) is 0 Å². The molecule has 3 heteroatoms. The molecule has 0 bridgehead atoms. The van der Waals surface area contributed by atoms with Crippen LogP contribution in [0.4, 0.5) is 0 Å². The van der Waals surface area contributed by atoms with Gasteiger partial charge < -0.3 is 5.11 Å². The molecule has 0 aliphatic heterocycles. The third-order valence-corrected chi connectivity index (χ3v) is 4.38. The molecule has 1 aromatic rings. The summed E-state index contributed by atoms with van der Waals surface area (Å²) in [5.41, 5.74) is 2.59. The molecule has 0 saturated heterocycles. The molecule has 0 heterocycles. The predicted octanol–water partition coefficient (Wildman–Crippen LogP) is 2.79. The number of rotatable bonds is 2. The van der Waals surface area contributed by atoms with Gasteiger partial charge in [0.1, 0.15) is 5.41 Å². The van der Waals surface area contributed by atoms with Gasteiger partial charge in [-0.25, -0.2) is 0 Å². The highest BCUT2D eigenvalue weighted by atomic mass is 79.9. The Kier molecular flexibility index (Phi) is 2.38. The Balaban J connectivity index is 2.46. The fourth-order valence-electron chi connectivity index (χ4n) is 1.89. The number of hydrogen-bond donors (Lipinski definition) is 1. The fraction of sp³-hybridized carbons (Fsp3) is 0.417. The van der Waals surface area contributed by atoms with Gasteiger partial charge in [0.2, 0.25) is 0 Å². The molecule has 2 nitrogen and oxygen atoms in total. The number of hydrogen-bond acceptors (Lipinski definition) is 1. The van der Waals surface area contributed by atoms with Crippen LogP contribution in [0.2, 0.25) is 0 Å². The third kappa shape index (κ3) is 1.49. The van der Waals surface area contributed by atoms with Gasteiger partial charge in [0, 0.05) is 4.83 Å². The number of alkyl halides is 1. The van der Waals surface area contributed by atoms with Crippen molar-refractivity contribution in [3.8, 4) is 0 Å². The van der Waals surface area contributed by atoms with E-state index < -0.39 is 11.4 Å². The molecule has 1 N–H and O–H groups in total. The zero-order chi connectivity index (χ0) is 11.2. The fourth-order valence-corrected chi connectivity index (χ4v) is 2.86. The van der Waals surface area contributed by atoms with Crippen molar-refractivity contribution in [2.75, 3.05) is 0 Å². The average Bonchev–Trinajstić information content (AvgIpc) is 2.84. The molecular formula is C12H13BrO2. The van der Waals surface area contributed by atoms with Crippen molar-refractivity contribution in [2.45, 2.75) is 30.5 Å². The van der Waals surface area contributed by atoms with E-state index in [1.54, 1.807) is 0 Å². The van der Waals surface area contributed by atoms with Gasteiger partial charge in [-0.05, 0) is 37.0 Å². The van der Waals surface area contributed by atoms with Crippen LogP contribution in [0, 0.1) is 13.8 Å². The summed E-state index contributed by atoms with van der Waals surface area (Å²) in [6.45, 7) is 4.05. The van der Waals surface area contributed by atoms with Crippen LogP contribution in [-0.4, -0.2) is 15.9 Å². The Hall–Kier alpha value is -0.830. The minimum absolute atomic E-state index is 0.0737. The van der Waals surface area contributed by atoms with Crippen LogP contribution >= 0.6 is 15.9 Å². The smallest absolute Gasteiger partial charge is 0.315 e. The molecule has 2 rings (SSSR count). The van der Waals surface area contributed by atoms with Crippen LogP contribution in [0.1, 0.15) is 23.1 Å². The van der Waals surface area contributed by atoms with Crippen molar-refractivity contribution in [1.82, 2.24) is 0 Å². The van der Waals surface area contributed by atoms with Crippen molar-refractivity contribution in [3.63, 3.8) is 0 Å². The summed E-state index contributed by atoms with van der Waals surface area (Å²) in [5, 5.41) is 9.26. The molecule has 0 radical (unpaired) electrons. The van der Waals surface area contributed by atoms with Crippen molar-refractivity contribution in [2.24, 2.45) is 0 Å². The lowest BCUT2D eigenvalue weighted by Gasteiger charge is -2.12. The topological polar surface area (TPSA) is 37.3 Å². The second-order valence-corrected chi connectivity index (χ2v) is 5.35. The van der Waals surface area contributed by atoms with Gasteiger partial charge in [0.15, 0.2) is 0 Å². The molecule has 15 heavy (non-hydrogen) atoms. The van der Waals surface area contributed by atoms with Gasteiger partial charge in [0.05, 0.1) is 0 Å². The molecule has 80 valence electrons. The van der Waals surface area contributed by atoms with E-state index in [2.05, 4.69) is 15.9 Å². The quantitative estimate of drug-likeness (QED) is 0.838. The lowest BCUT2D eigenvalue weighted by atomic mass is 9.93. The maximum absolute atomic E-state index is 11.3. The first-order valence-electron chi connectivity index (χ1n) is 4.93. The van der Waals surface area contributed by atoms with Crippen molar-refractivity contribution >= 4 is 21.9 Å². The molecule has 0 spiro atoms. The minimum atomic E-state index is -0.729. The van der Waals surface area contributed by atoms with E-state index in [1.807, 2.05) is 32.0 Å². The van der Waals surface area contributed by atoms with E-state index in [9.17, 15) is 9.90 Å². The Morgan fingerprint density at radius 3 is 2.47 bits per heavy atom. The zero-order valence-electron chi connectivity index (χ0n) is 8.75. The minimum Gasteiger partial charge on any atom is -0.481 e. The van der Waals surface area contributed by atoms with Crippen LogP contribution in [0.25, 0.3) is 0 Å². The Morgan fingerprint density at radius 2 is 2.07 bits per heavy atom. The monoisotopic (exact) mass is 268 g/mol. The van der Waals surface area contributed by atoms with Crippen molar-refractivity contribution in [3.05, 3.63) is 34.9 Å². The molecular weight excluding hydrogens is 256 g/mol. The second-order valence-electron chi connectivity index (χ2n) is 4.25. The SMILES string of the molecule is Cc1ccc(C2(C(=O)O)CC2Br)cc1C. The number of carboxylic acids is 1. The van der Waals surface area contributed by atoms with Crippen LogP contribution in [0.3, 0.4) is 0 Å². The molecule has 1 saturated carbocycles. The molecule has 1 fully saturated rings. The van der Waals surface area contributed by atoms with Gasteiger partial charge in [-0.2, -0.15) is 0 Å². The lowest BCUT2D eigenvalue weighted by molar-refractivity contribution is -0.139. The highest BCUT2D eigenvalue weighted by Crippen LogP contribution is 2.53. The Labute approximate surface area is 97.4 Å². The highest BCUT2D eigenvalue weighted by molar-refractivity contribution is 9.09. The third-order valence-electron chi connectivity index (χ3n) is 3.28. The van der Waals surface area contributed by atoms with Gasteiger partial charge >= 0.3 is 5.97 Å². The van der Waals surface area contributed by atoms with E-state index in [-0.39, 0.29) is 4.83 Å². The van der Waals surface area contributed by atoms with Gasteiger partial charge in [-0.15, -0.1) is 0 Å². The normalized spacial score (nSPS) is 28.9. The molecule has 0 aromatic heterocycles. The summed E-state index contributed by atoms with van der Waals surface area (Å²) in [5.74, 6) is -0.729. The molecule has 1 aliphatic rings. The molecule has 2 unspecified atom stereocenters. The molecule has 2 atom stereocenters. The first-order valence-corrected chi connectivity index (χ1v) is 5.85. The summed E-state index contributed by atoms with van der Waals surface area (Å²) in [4.78, 5) is 11.3. The Morgan fingerprint density at radius 1 is 1.47 bits per heavy atom. The summed E-state index contributed by atoms with van der Waals surface area (Å²) in [7, 11) is 0. The van der Waals surface area contributed by atoms with E-state index >= 15 is 0 Å². The van der Waals surface area contributed by atoms with Crippen molar-refractivity contribution < 1.29 is 9.90 Å². The Bertz CT molecular complexity index is 428. The lowest BCUT2D eigenvalue weighted by Crippen LogP contribution is -2.22. The number of halogens is 1. The van der Waals surface area contributed by atoms with Crippen LogP contribution < -0.4 is 0 Å². The number of benzene rings is 1. The summed E-state index contributed by atoms with van der Waals surface area (Å²) < 4.78 is 0. The van der Waals surface area contributed by atoms with Crippen LogP contribution in [-0.2, 0) is 10.2 Å². The van der Waals surface area contributed by atoms with Gasteiger partial charge in [-0.3, -0.25) is 4.79 Å². The van der Waals surface area contributed by atoms with Gasteiger partial charge in [0.25, 0.3) is 0 Å².